The lowest BCUT2D eigenvalue weighted by molar-refractivity contribution is 0.669. The molecule has 0 saturated heterocycles. The van der Waals surface area contributed by atoms with Crippen LogP contribution < -0.4 is 0 Å². The van der Waals surface area contributed by atoms with Crippen LogP contribution in [0.2, 0.25) is 0 Å². The maximum Gasteiger partial charge on any atom is 0.136 e. The van der Waals surface area contributed by atoms with Crippen LogP contribution in [0.5, 0.6) is 0 Å². The van der Waals surface area contributed by atoms with E-state index in [0.717, 1.165) is 43.9 Å². The Morgan fingerprint density at radius 3 is 1.42 bits per heavy atom. The van der Waals surface area contributed by atoms with E-state index in [0.29, 0.717) is 0 Å². The van der Waals surface area contributed by atoms with Gasteiger partial charge in [0.15, 0.2) is 0 Å². The minimum atomic E-state index is 0.929. The van der Waals surface area contributed by atoms with Crippen LogP contribution >= 0.6 is 0 Å². The number of hydrogen-bond donors (Lipinski definition) is 0. The van der Waals surface area contributed by atoms with Gasteiger partial charge in [-0.25, -0.2) is 0 Å². The fraction of sp³-hybridized carbons (Fsp3) is 0. The quantitative estimate of drug-likeness (QED) is 0.245. The van der Waals surface area contributed by atoms with Gasteiger partial charge >= 0.3 is 0 Å². The third-order valence-corrected chi connectivity index (χ3v) is 7.31. The van der Waals surface area contributed by atoms with Crippen molar-refractivity contribution < 1.29 is 8.83 Å². The molecule has 0 atom stereocenters. The average molecular weight is 421 g/mol. The van der Waals surface area contributed by atoms with Crippen molar-refractivity contribution in [1.29, 1.82) is 0 Å². The van der Waals surface area contributed by atoms with E-state index < -0.39 is 0 Å². The van der Waals surface area contributed by atoms with E-state index in [2.05, 4.69) is 71.1 Å². The number of benzene rings is 5. The lowest BCUT2D eigenvalue weighted by Gasteiger charge is -1.99. The highest BCUT2D eigenvalue weighted by atomic mass is 16.3. The van der Waals surface area contributed by atoms with Crippen LogP contribution in [0.25, 0.3) is 82.0 Å². The Bertz CT molecular complexity index is 2080. The number of rotatable bonds is 0. The first-order valence-electron chi connectivity index (χ1n) is 11.2. The van der Waals surface area contributed by atoms with Crippen LogP contribution in [0.1, 0.15) is 0 Å². The molecule has 0 aliphatic heterocycles. The summed E-state index contributed by atoms with van der Waals surface area (Å²) in [4.78, 5) is 0. The Hall–Kier alpha value is -4.50. The molecule has 0 spiro atoms. The molecule has 0 aliphatic rings. The summed E-state index contributed by atoms with van der Waals surface area (Å²) in [7, 11) is 0. The van der Waals surface area contributed by atoms with E-state index in [-0.39, 0.29) is 0 Å². The molecule has 0 fully saturated rings. The fourth-order valence-electron chi connectivity index (χ4n) is 5.91. The number of fused-ring (bicyclic) bond motifs is 12. The highest BCUT2D eigenvalue weighted by Crippen LogP contribution is 2.43. The lowest BCUT2D eigenvalue weighted by Crippen LogP contribution is -1.81. The summed E-state index contributed by atoms with van der Waals surface area (Å²) in [5.41, 5.74) is 7.41. The minimum absolute atomic E-state index is 0.929. The van der Waals surface area contributed by atoms with Crippen molar-refractivity contribution in [2.24, 2.45) is 0 Å². The van der Waals surface area contributed by atoms with Crippen molar-refractivity contribution in [2.45, 2.75) is 0 Å². The van der Waals surface area contributed by atoms with Gasteiger partial charge in [0.05, 0.1) is 16.6 Å². The van der Waals surface area contributed by atoms with Crippen LogP contribution in [-0.2, 0) is 0 Å². The minimum Gasteiger partial charge on any atom is -0.456 e. The van der Waals surface area contributed by atoms with Gasteiger partial charge in [0.2, 0.25) is 0 Å². The van der Waals surface area contributed by atoms with Gasteiger partial charge in [-0.1, -0.05) is 54.6 Å². The molecule has 3 nitrogen and oxygen atoms in total. The smallest absolute Gasteiger partial charge is 0.136 e. The Morgan fingerprint density at radius 1 is 0.394 bits per heavy atom. The van der Waals surface area contributed by atoms with Crippen molar-refractivity contribution >= 4 is 82.0 Å². The number of para-hydroxylation sites is 3. The summed E-state index contributed by atoms with van der Waals surface area (Å²) in [5, 5.41) is 9.57. The molecule has 9 rings (SSSR count). The summed E-state index contributed by atoms with van der Waals surface area (Å²) in [6, 6.07) is 32.2. The molecule has 3 heteroatoms. The van der Waals surface area contributed by atoms with E-state index in [4.69, 9.17) is 8.83 Å². The van der Waals surface area contributed by atoms with E-state index in [9.17, 15) is 0 Å². The SMILES string of the molecule is c1ccc2c(c1)oc1cc3c4cccc5c6cc7oc8ccccc8c7cc6n(c3cc12)c45. The first-order chi connectivity index (χ1) is 16.3. The van der Waals surface area contributed by atoms with Crippen molar-refractivity contribution in [3.05, 3.63) is 91.0 Å². The third-order valence-electron chi connectivity index (χ3n) is 7.31. The van der Waals surface area contributed by atoms with Crippen LogP contribution in [-0.4, -0.2) is 4.40 Å². The zero-order chi connectivity index (χ0) is 21.3. The topological polar surface area (TPSA) is 30.7 Å². The summed E-state index contributed by atoms with van der Waals surface area (Å²) < 4.78 is 14.8. The number of aromatic nitrogens is 1. The molecule has 4 heterocycles. The second-order valence-corrected chi connectivity index (χ2v) is 8.96. The fourth-order valence-corrected chi connectivity index (χ4v) is 5.91. The van der Waals surface area contributed by atoms with Crippen molar-refractivity contribution in [1.82, 2.24) is 4.40 Å². The normalized spacial score (nSPS) is 12.8. The van der Waals surface area contributed by atoms with Crippen molar-refractivity contribution in [3.8, 4) is 0 Å². The van der Waals surface area contributed by atoms with Gasteiger partial charge in [0.25, 0.3) is 0 Å². The molecular formula is C30H15NO2. The van der Waals surface area contributed by atoms with E-state index in [1.165, 1.54) is 38.1 Å². The molecule has 0 saturated carbocycles. The first-order valence-corrected chi connectivity index (χ1v) is 11.2. The molecule has 9 aromatic rings. The summed E-state index contributed by atoms with van der Waals surface area (Å²) in [6.45, 7) is 0. The second-order valence-electron chi connectivity index (χ2n) is 8.96. The van der Waals surface area contributed by atoms with Gasteiger partial charge in [0.1, 0.15) is 22.3 Å². The standard InChI is InChI=1S/C30H15NO2/c1-3-10-26-16(6-1)22-12-24-20(14-28(22)32-26)18-8-5-9-19-21-15-29-23(13-25(21)31(24)30(18)19)17-7-2-4-11-27(17)33-29/h1-15H. The second kappa shape index (κ2) is 5.28. The molecule has 0 amide bonds. The van der Waals surface area contributed by atoms with E-state index >= 15 is 0 Å². The van der Waals surface area contributed by atoms with Gasteiger partial charge in [-0.05, 0) is 36.4 Å². The number of nitrogens with zero attached hydrogens (tertiary/aromatic N) is 1. The van der Waals surface area contributed by atoms with Crippen LogP contribution in [0.3, 0.4) is 0 Å². The molecule has 5 aromatic carbocycles. The number of furan rings is 2. The zero-order valence-corrected chi connectivity index (χ0v) is 17.4. The van der Waals surface area contributed by atoms with Gasteiger partial charge in [0, 0.05) is 43.1 Å². The molecule has 0 unspecified atom stereocenters. The summed E-state index contributed by atoms with van der Waals surface area (Å²) in [5.74, 6) is 0. The lowest BCUT2D eigenvalue weighted by atomic mass is 10.1. The molecule has 33 heavy (non-hydrogen) atoms. The first kappa shape index (κ1) is 16.2. The van der Waals surface area contributed by atoms with Crippen molar-refractivity contribution in [3.63, 3.8) is 0 Å². The molecular weight excluding hydrogens is 406 g/mol. The molecule has 0 bridgehead atoms. The van der Waals surface area contributed by atoms with Gasteiger partial charge < -0.3 is 13.2 Å². The molecule has 0 radical (unpaired) electrons. The van der Waals surface area contributed by atoms with Crippen LogP contribution in [0.15, 0.2) is 99.8 Å². The molecule has 152 valence electrons. The van der Waals surface area contributed by atoms with Crippen LogP contribution in [0.4, 0.5) is 0 Å². The Labute approximate surface area is 186 Å². The predicted molar refractivity (Wildman–Crippen MR) is 136 cm³/mol. The Morgan fingerprint density at radius 2 is 0.879 bits per heavy atom. The number of hydrogen-bond acceptors (Lipinski definition) is 2. The van der Waals surface area contributed by atoms with Gasteiger partial charge in [-0.2, -0.15) is 0 Å². The highest BCUT2D eigenvalue weighted by molar-refractivity contribution is 6.27. The average Bonchev–Trinajstić information content (AvgIpc) is 3.57. The van der Waals surface area contributed by atoms with Crippen molar-refractivity contribution in [2.75, 3.05) is 0 Å². The summed E-state index contributed by atoms with van der Waals surface area (Å²) >= 11 is 0. The molecule has 0 aliphatic carbocycles. The van der Waals surface area contributed by atoms with E-state index in [1.807, 2.05) is 24.3 Å². The zero-order valence-electron chi connectivity index (χ0n) is 17.4. The maximum atomic E-state index is 6.21. The Balaban J connectivity index is 1.56. The van der Waals surface area contributed by atoms with Gasteiger partial charge in [-0.3, -0.25) is 0 Å². The Kier molecular flexibility index (Phi) is 2.59. The van der Waals surface area contributed by atoms with Crippen LogP contribution in [0, 0.1) is 0 Å². The largest absolute Gasteiger partial charge is 0.456 e. The van der Waals surface area contributed by atoms with Gasteiger partial charge in [-0.15, -0.1) is 0 Å². The van der Waals surface area contributed by atoms with E-state index in [1.54, 1.807) is 0 Å². The maximum absolute atomic E-state index is 6.21. The highest BCUT2D eigenvalue weighted by Gasteiger charge is 2.20. The summed E-state index contributed by atoms with van der Waals surface area (Å²) in [6.07, 6.45) is 0. The molecule has 4 aromatic heterocycles. The third kappa shape index (κ3) is 1.81. The monoisotopic (exact) mass is 421 g/mol. The molecule has 0 N–H and O–H groups in total. The predicted octanol–water partition coefficient (Wildman–Crippen LogP) is 8.64.